The van der Waals surface area contributed by atoms with E-state index in [2.05, 4.69) is 46.8 Å². The molecule has 1 rings (SSSR count). The minimum Gasteiger partial charge on any atom is -0.279 e. The molecule has 0 radical (unpaired) electrons. The Labute approximate surface area is 188 Å². The van der Waals surface area contributed by atoms with Gasteiger partial charge in [-0.15, -0.1) is 0 Å². The molecule has 7 heteroatoms. The molecule has 1 aromatic carbocycles. The molecule has 31 heavy (non-hydrogen) atoms. The molecule has 0 atom stereocenters. The van der Waals surface area contributed by atoms with Crippen LogP contribution in [0.3, 0.4) is 0 Å². The molecule has 0 aliphatic rings. The zero-order valence-electron chi connectivity index (χ0n) is 20.0. The van der Waals surface area contributed by atoms with E-state index in [1.165, 1.54) is 76.2 Å². The van der Waals surface area contributed by atoms with Gasteiger partial charge in [0.25, 0.3) is 0 Å². The van der Waals surface area contributed by atoms with Gasteiger partial charge in [0.15, 0.2) is 0 Å². The molecule has 1 N–H and O–H groups in total. The highest BCUT2D eigenvalue weighted by molar-refractivity contribution is 7.86. The van der Waals surface area contributed by atoms with Crippen LogP contribution in [0.2, 0.25) is 0 Å². The number of alkyl halides is 3. The van der Waals surface area contributed by atoms with Gasteiger partial charge in [-0.25, -0.2) is 0 Å². The van der Waals surface area contributed by atoms with E-state index in [-0.39, 0.29) is 0 Å². The molecule has 0 aromatic heterocycles. The van der Waals surface area contributed by atoms with Crippen molar-refractivity contribution in [2.24, 2.45) is 5.41 Å². The summed E-state index contributed by atoms with van der Waals surface area (Å²) >= 11 is 0. The number of halogens is 3. The van der Waals surface area contributed by atoms with Crippen LogP contribution in [-0.4, -0.2) is 18.5 Å². The van der Waals surface area contributed by atoms with Crippen LogP contribution in [0, 0.1) is 12.3 Å². The second-order valence-corrected chi connectivity index (χ2v) is 10.1. The summed E-state index contributed by atoms with van der Waals surface area (Å²) in [5, 5.41) is 0. The van der Waals surface area contributed by atoms with Crippen LogP contribution in [0.25, 0.3) is 0 Å². The molecule has 184 valence electrons. The van der Waals surface area contributed by atoms with Gasteiger partial charge in [0, 0.05) is 0 Å². The van der Waals surface area contributed by atoms with E-state index in [0.29, 0.717) is 5.41 Å². The van der Waals surface area contributed by atoms with E-state index in [9.17, 15) is 13.2 Å². The molecule has 0 spiro atoms. The summed E-state index contributed by atoms with van der Waals surface area (Å²) in [5.41, 5.74) is -3.62. The first kappa shape index (κ1) is 32.1. The summed E-state index contributed by atoms with van der Waals surface area (Å²) < 4.78 is 57.5. The molecule has 0 aliphatic heterocycles. The summed E-state index contributed by atoms with van der Waals surface area (Å²) in [4.78, 5) is 0. The monoisotopic (exact) mass is 468 g/mol. The van der Waals surface area contributed by atoms with E-state index >= 15 is 0 Å². The topological polar surface area (TPSA) is 54.4 Å². The third-order valence-electron chi connectivity index (χ3n) is 4.90. The van der Waals surface area contributed by atoms with Crippen LogP contribution < -0.4 is 0 Å². The number of hydrogen-bond donors (Lipinski definition) is 1. The van der Waals surface area contributed by atoms with Gasteiger partial charge in [0.1, 0.15) is 0 Å². The Morgan fingerprint density at radius 2 is 1.16 bits per heavy atom. The van der Waals surface area contributed by atoms with E-state index in [1.807, 2.05) is 18.2 Å². The molecule has 0 bridgehead atoms. The smallest absolute Gasteiger partial charge is 0.279 e. The molecule has 0 saturated carbocycles. The third kappa shape index (κ3) is 21.9. The first-order valence-corrected chi connectivity index (χ1v) is 12.8. The predicted molar refractivity (Wildman–Crippen MR) is 125 cm³/mol. The zero-order valence-corrected chi connectivity index (χ0v) is 20.8. The van der Waals surface area contributed by atoms with Crippen molar-refractivity contribution in [1.29, 1.82) is 0 Å². The lowest BCUT2D eigenvalue weighted by Crippen LogP contribution is -2.21. The molecule has 3 nitrogen and oxygen atoms in total. The highest BCUT2D eigenvalue weighted by Gasteiger charge is 2.44. The average Bonchev–Trinajstić information content (AvgIpc) is 2.66. The van der Waals surface area contributed by atoms with Crippen molar-refractivity contribution in [2.45, 2.75) is 111 Å². The first-order chi connectivity index (χ1) is 14.3. The Kier molecular flexibility index (Phi) is 18.1. The fraction of sp³-hybridized carbons (Fsp3) is 0.750. The minimum atomic E-state index is -5.84. The number of rotatable bonds is 11. The minimum absolute atomic E-state index is 0.597. The van der Waals surface area contributed by atoms with Crippen molar-refractivity contribution in [3.05, 3.63) is 35.9 Å². The largest absolute Gasteiger partial charge is 0.522 e. The van der Waals surface area contributed by atoms with Gasteiger partial charge in [0.05, 0.1) is 0 Å². The third-order valence-corrected chi connectivity index (χ3v) is 5.48. The van der Waals surface area contributed by atoms with Gasteiger partial charge in [-0.3, -0.25) is 4.55 Å². The van der Waals surface area contributed by atoms with Gasteiger partial charge in [-0.05, 0) is 25.2 Å². The van der Waals surface area contributed by atoms with Gasteiger partial charge in [-0.1, -0.05) is 121 Å². The van der Waals surface area contributed by atoms with E-state index < -0.39 is 15.6 Å². The maximum atomic E-state index is 10.7. The summed E-state index contributed by atoms with van der Waals surface area (Å²) in [6.45, 7) is 11.6. The molecule has 0 amide bonds. The van der Waals surface area contributed by atoms with Crippen molar-refractivity contribution in [2.75, 3.05) is 0 Å². The molecule has 0 fully saturated rings. The molecule has 0 heterocycles. The van der Waals surface area contributed by atoms with E-state index in [1.54, 1.807) is 0 Å². The number of aryl methyl sites for hydroxylation is 1. The fourth-order valence-electron chi connectivity index (χ4n) is 2.88. The summed E-state index contributed by atoms with van der Waals surface area (Å²) in [5.74, 6) is 0. The Balaban J connectivity index is 0. The lowest BCUT2D eigenvalue weighted by atomic mass is 9.82. The highest BCUT2D eigenvalue weighted by atomic mass is 32.2. The number of unbranched alkanes of at least 4 members (excludes halogenated alkanes) is 7. The zero-order chi connectivity index (χ0) is 24.4. The van der Waals surface area contributed by atoms with Gasteiger partial charge < -0.3 is 0 Å². The summed E-state index contributed by atoms with van der Waals surface area (Å²) in [6, 6.07) is 10.3. The fourth-order valence-corrected chi connectivity index (χ4v) is 2.88. The molecule has 0 saturated heterocycles. The lowest BCUT2D eigenvalue weighted by Gasteiger charge is -2.24. The quantitative estimate of drug-likeness (QED) is 0.201. The van der Waals surface area contributed by atoms with Crippen LogP contribution in [0.15, 0.2) is 30.3 Å². The second kappa shape index (κ2) is 17.5. The molecule has 1 aromatic rings. The van der Waals surface area contributed by atoms with Crippen molar-refractivity contribution < 1.29 is 26.1 Å². The van der Waals surface area contributed by atoms with Crippen molar-refractivity contribution in [3.63, 3.8) is 0 Å². The van der Waals surface area contributed by atoms with E-state index in [0.717, 1.165) is 0 Å². The van der Waals surface area contributed by atoms with Crippen molar-refractivity contribution in [3.8, 4) is 0 Å². The molecule has 0 aliphatic carbocycles. The first-order valence-electron chi connectivity index (χ1n) is 11.3. The molecular formula is C24H43F3O3S. The Bertz CT molecular complexity index is 627. The molecule has 0 unspecified atom stereocenters. The number of hydrogen-bond acceptors (Lipinski definition) is 2. The Morgan fingerprint density at radius 1 is 0.774 bits per heavy atom. The van der Waals surface area contributed by atoms with Gasteiger partial charge in [0.2, 0.25) is 0 Å². The summed E-state index contributed by atoms with van der Waals surface area (Å²) in [6.07, 6.45) is 15.7. The normalized spacial score (nSPS) is 11.8. The molecular weight excluding hydrogens is 425 g/mol. The standard InChI is InChI=1S/C16H34.C7H8.CHF3O3S/c1-5-7-9-10-11-12-13-15-16(3,4)14-8-6-2;1-7-5-3-2-4-6-7;2-1(3,4)8(5,6)7/h5-15H2,1-4H3;2-6H,1H3;(H,5,6,7). The van der Waals surface area contributed by atoms with Crippen LogP contribution in [0.4, 0.5) is 13.2 Å². The second-order valence-electron chi connectivity index (χ2n) is 8.71. The van der Waals surface area contributed by atoms with Gasteiger partial charge in [-0.2, -0.15) is 21.6 Å². The van der Waals surface area contributed by atoms with Gasteiger partial charge >= 0.3 is 15.6 Å². The van der Waals surface area contributed by atoms with Crippen molar-refractivity contribution in [1.82, 2.24) is 0 Å². The van der Waals surface area contributed by atoms with Crippen LogP contribution in [-0.2, 0) is 10.1 Å². The summed E-state index contributed by atoms with van der Waals surface area (Å²) in [7, 11) is -5.84. The number of benzene rings is 1. The maximum absolute atomic E-state index is 10.7. The van der Waals surface area contributed by atoms with Crippen LogP contribution in [0.5, 0.6) is 0 Å². The van der Waals surface area contributed by atoms with E-state index in [4.69, 9.17) is 13.0 Å². The van der Waals surface area contributed by atoms with Crippen LogP contribution in [0.1, 0.15) is 104 Å². The van der Waals surface area contributed by atoms with Crippen LogP contribution >= 0.6 is 0 Å². The SMILES string of the molecule is CCCCCCCCCC(C)(C)CCCC.Cc1ccccc1.O=S(=O)(O)C(F)(F)F. The average molecular weight is 469 g/mol. The lowest BCUT2D eigenvalue weighted by molar-refractivity contribution is -0.0510. The van der Waals surface area contributed by atoms with Crippen molar-refractivity contribution >= 4 is 10.1 Å². The maximum Gasteiger partial charge on any atom is 0.522 e. The Hall–Kier alpha value is -1.08. The highest BCUT2D eigenvalue weighted by Crippen LogP contribution is 2.30. The Morgan fingerprint density at radius 3 is 1.52 bits per heavy atom. The predicted octanol–water partition coefficient (Wildman–Crippen LogP) is 8.73.